The maximum Gasteiger partial charge on any atom is 0.305 e. The first kappa shape index (κ1) is 14.7. The van der Waals surface area contributed by atoms with Gasteiger partial charge in [-0.2, -0.15) is 4.39 Å². The number of ether oxygens (including phenoxy) is 1. The first-order valence-electron chi connectivity index (χ1n) is 5.65. The molecule has 6 nitrogen and oxygen atoms in total. The molecule has 3 N–H and O–H groups in total. The Kier molecular flexibility index (Phi) is 4.04. The number of amidine groups is 1. The molecule has 0 radical (unpaired) electrons. The van der Waals surface area contributed by atoms with Gasteiger partial charge < -0.3 is 10.5 Å². The van der Waals surface area contributed by atoms with Crippen LogP contribution in [0.2, 0.25) is 5.02 Å². The highest BCUT2D eigenvalue weighted by Gasteiger charge is 2.16. The number of nitro groups is 1. The molecule has 0 aliphatic rings. The van der Waals surface area contributed by atoms with Crippen LogP contribution in [0.1, 0.15) is 5.56 Å². The monoisotopic (exact) mass is 309 g/mol. The van der Waals surface area contributed by atoms with Crippen LogP contribution in [0.15, 0.2) is 36.4 Å². The molecule has 0 fully saturated rings. The highest BCUT2D eigenvalue weighted by Crippen LogP contribution is 2.31. The lowest BCUT2D eigenvalue weighted by Crippen LogP contribution is -2.13. The number of benzene rings is 2. The summed E-state index contributed by atoms with van der Waals surface area (Å²) in [5.41, 5.74) is 4.93. The molecule has 8 heteroatoms. The summed E-state index contributed by atoms with van der Waals surface area (Å²) in [5, 5.41) is 18.2. The molecule has 0 aromatic heterocycles. The predicted molar refractivity (Wildman–Crippen MR) is 75.6 cm³/mol. The number of nitrogens with one attached hydrogen (secondary N) is 1. The van der Waals surface area contributed by atoms with Gasteiger partial charge in [-0.1, -0.05) is 17.7 Å². The van der Waals surface area contributed by atoms with E-state index in [1.165, 1.54) is 18.2 Å². The van der Waals surface area contributed by atoms with Crippen LogP contribution >= 0.6 is 11.6 Å². The molecule has 2 aromatic carbocycles. The van der Waals surface area contributed by atoms with E-state index in [0.29, 0.717) is 0 Å². The van der Waals surface area contributed by atoms with Gasteiger partial charge in [0.1, 0.15) is 17.3 Å². The topological polar surface area (TPSA) is 102 Å². The highest BCUT2D eigenvalue weighted by atomic mass is 35.5. The quantitative estimate of drug-likeness (QED) is 0.390. The van der Waals surface area contributed by atoms with E-state index >= 15 is 0 Å². The van der Waals surface area contributed by atoms with Gasteiger partial charge in [-0.3, -0.25) is 15.5 Å². The summed E-state index contributed by atoms with van der Waals surface area (Å²) in [6.07, 6.45) is 0. The molecule has 0 atom stereocenters. The minimum atomic E-state index is -1.02. The number of nitrogens with zero attached hydrogens (tertiary/aromatic N) is 1. The van der Waals surface area contributed by atoms with Crippen LogP contribution in [-0.2, 0) is 0 Å². The number of halogens is 2. The van der Waals surface area contributed by atoms with Crippen molar-refractivity contribution in [2.24, 2.45) is 5.73 Å². The van der Waals surface area contributed by atoms with Crippen molar-refractivity contribution in [2.45, 2.75) is 0 Å². The molecule has 21 heavy (non-hydrogen) atoms. The zero-order valence-electron chi connectivity index (χ0n) is 10.5. The van der Waals surface area contributed by atoms with Crippen LogP contribution in [0.25, 0.3) is 0 Å². The number of nitrogens with two attached hydrogens (primary N) is 1. The van der Waals surface area contributed by atoms with Gasteiger partial charge in [0.15, 0.2) is 0 Å². The van der Waals surface area contributed by atoms with Gasteiger partial charge >= 0.3 is 5.69 Å². The molecule has 0 aliphatic carbocycles. The van der Waals surface area contributed by atoms with Crippen LogP contribution in [0.3, 0.4) is 0 Å². The summed E-state index contributed by atoms with van der Waals surface area (Å²) in [7, 11) is 0. The lowest BCUT2D eigenvalue weighted by atomic mass is 10.2. The van der Waals surface area contributed by atoms with Crippen molar-refractivity contribution in [3.05, 3.63) is 62.9 Å². The molecule has 0 amide bonds. The summed E-state index contributed by atoms with van der Waals surface area (Å²) in [4.78, 5) is 9.71. The summed E-state index contributed by atoms with van der Waals surface area (Å²) in [6.45, 7) is 0. The van der Waals surface area contributed by atoms with Gasteiger partial charge in [-0.15, -0.1) is 0 Å². The molecule has 0 heterocycles. The van der Waals surface area contributed by atoms with Gasteiger partial charge in [0.2, 0.25) is 5.82 Å². The predicted octanol–water partition coefficient (Wildman–Crippen LogP) is 3.46. The fourth-order valence-corrected chi connectivity index (χ4v) is 1.94. The summed E-state index contributed by atoms with van der Waals surface area (Å²) in [5.74, 6) is -1.15. The van der Waals surface area contributed by atoms with Crippen LogP contribution in [0.5, 0.6) is 11.5 Å². The Labute approximate surface area is 123 Å². The normalized spacial score (nSPS) is 10.2. The van der Waals surface area contributed by atoms with Gasteiger partial charge in [-0.25, -0.2) is 0 Å². The molecular weight excluding hydrogens is 301 g/mol. The Bertz CT molecular complexity index is 737. The van der Waals surface area contributed by atoms with Crippen LogP contribution in [-0.4, -0.2) is 10.8 Å². The molecule has 2 rings (SSSR count). The summed E-state index contributed by atoms with van der Waals surface area (Å²) in [6, 6.07) is 7.72. The first-order valence-corrected chi connectivity index (χ1v) is 6.02. The average Bonchev–Trinajstić information content (AvgIpc) is 2.37. The van der Waals surface area contributed by atoms with E-state index in [2.05, 4.69) is 0 Å². The Morgan fingerprint density at radius 3 is 2.67 bits per heavy atom. The fraction of sp³-hybridized carbons (Fsp3) is 0. The number of nitro benzene ring substituents is 1. The SMILES string of the molecule is N=C(N)c1c(Cl)cccc1Oc1ccc([N+](=O)[O-])c(F)c1. The zero-order chi connectivity index (χ0) is 15.6. The first-order chi connectivity index (χ1) is 9.90. The lowest BCUT2D eigenvalue weighted by molar-refractivity contribution is -0.387. The number of hydrogen-bond acceptors (Lipinski definition) is 4. The second-order valence-electron chi connectivity index (χ2n) is 4.00. The van der Waals surface area contributed by atoms with Crippen molar-refractivity contribution in [3.63, 3.8) is 0 Å². The van der Waals surface area contributed by atoms with E-state index in [1.807, 2.05) is 0 Å². The third-order valence-electron chi connectivity index (χ3n) is 2.59. The van der Waals surface area contributed by atoms with E-state index in [1.54, 1.807) is 6.07 Å². The fourth-order valence-electron chi connectivity index (χ4n) is 1.68. The van der Waals surface area contributed by atoms with Gasteiger partial charge in [0, 0.05) is 12.1 Å². The second-order valence-corrected chi connectivity index (χ2v) is 4.41. The van der Waals surface area contributed by atoms with E-state index in [-0.39, 0.29) is 27.9 Å². The Morgan fingerprint density at radius 1 is 1.38 bits per heavy atom. The van der Waals surface area contributed by atoms with Crippen LogP contribution in [0.4, 0.5) is 10.1 Å². The second kappa shape index (κ2) is 5.76. The van der Waals surface area contributed by atoms with Crippen LogP contribution < -0.4 is 10.5 Å². The van der Waals surface area contributed by atoms with Crippen molar-refractivity contribution in [2.75, 3.05) is 0 Å². The molecular formula is C13H9ClFN3O3. The Hall–Kier alpha value is -2.67. The number of rotatable bonds is 4. The summed E-state index contributed by atoms with van der Waals surface area (Å²) < 4.78 is 18.9. The van der Waals surface area contributed by atoms with E-state index in [4.69, 9.17) is 27.5 Å². The van der Waals surface area contributed by atoms with Gasteiger partial charge in [-0.05, 0) is 18.2 Å². The molecule has 0 saturated carbocycles. The van der Waals surface area contributed by atoms with Crippen molar-refractivity contribution < 1.29 is 14.1 Å². The number of nitrogen functional groups attached to an aromatic ring is 1. The highest BCUT2D eigenvalue weighted by molar-refractivity contribution is 6.34. The Morgan fingerprint density at radius 2 is 2.10 bits per heavy atom. The maximum atomic E-state index is 13.5. The zero-order valence-corrected chi connectivity index (χ0v) is 11.2. The number of hydrogen-bond donors (Lipinski definition) is 2. The average molecular weight is 310 g/mol. The van der Waals surface area contributed by atoms with Crippen LogP contribution in [0, 0.1) is 21.3 Å². The van der Waals surface area contributed by atoms with E-state index in [0.717, 1.165) is 12.1 Å². The van der Waals surface area contributed by atoms with Crippen molar-refractivity contribution in [1.82, 2.24) is 0 Å². The molecule has 0 unspecified atom stereocenters. The van der Waals surface area contributed by atoms with Crippen molar-refractivity contribution in [1.29, 1.82) is 5.41 Å². The lowest BCUT2D eigenvalue weighted by Gasteiger charge is -2.11. The maximum absolute atomic E-state index is 13.5. The molecule has 108 valence electrons. The minimum absolute atomic E-state index is 0.0304. The molecule has 2 aromatic rings. The molecule has 0 bridgehead atoms. The Balaban J connectivity index is 2.39. The minimum Gasteiger partial charge on any atom is -0.456 e. The smallest absolute Gasteiger partial charge is 0.305 e. The standard InChI is InChI=1S/C13H9ClFN3O3/c14-8-2-1-3-11(12(8)13(16)17)21-7-4-5-10(18(19)20)9(15)6-7/h1-6H,(H3,16,17). The third kappa shape index (κ3) is 3.09. The summed E-state index contributed by atoms with van der Waals surface area (Å²) >= 11 is 5.92. The third-order valence-corrected chi connectivity index (χ3v) is 2.90. The molecule has 0 spiro atoms. The van der Waals surface area contributed by atoms with Gasteiger partial charge in [0.25, 0.3) is 0 Å². The molecule has 0 saturated heterocycles. The van der Waals surface area contributed by atoms with Crippen molar-refractivity contribution >= 4 is 23.1 Å². The van der Waals surface area contributed by atoms with Gasteiger partial charge in [0.05, 0.1) is 15.5 Å². The van der Waals surface area contributed by atoms with E-state index < -0.39 is 16.4 Å². The molecule has 0 aliphatic heterocycles. The largest absolute Gasteiger partial charge is 0.456 e. The van der Waals surface area contributed by atoms with Crippen molar-refractivity contribution in [3.8, 4) is 11.5 Å². The van der Waals surface area contributed by atoms with E-state index in [9.17, 15) is 14.5 Å².